The van der Waals surface area contributed by atoms with E-state index in [0.717, 1.165) is 11.8 Å². The van der Waals surface area contributed by atoms with Crippen molar-refractivity contribution in [2.75, 3.05) is 32.7 Å². The van der Waals surface area contributed by atoms with E-state index in [1.807, 2.05) is 0 Å². The Morgan fingerprint density at radius 1 is 0.900 bits per heavy atom. The van der Waals surface area contributed by atoms with Crippen molar-refractivity contribution in [3.8, 4) is 0 Å². The second kappa shape index (κ2) is 9.78. The van der Waals surface area contributed by atoms with Gasteiger partial charge < -0.3 is 10.2 Å². The van der Waals surface area contributed by atoms with Gasteiger partial charge in [0, 0.05) is 6.54 Å². The van der Waals surface area contributed by atoms with Crippen LogP contribution < -0.4 is 5.32 Å². The van der Waals surface area contributed by atoms with Gasteiger partial charge >= 0.3 is 0 Å². The first-order valence-corrected chi connectivity index (χ1v) is 9.33. The van der Waals surface area contributed by atoms with Gasteiger partial charge in [0.15, 0.2) is 0 Å². The molecule has 0 bridgehead atoms. The summed E-state index contributed by atoms with van der Waals surface area (Å²) in [6, 6.07) is 0. The molecule has 118 valence electrons. The van der Waals surface area contributed by atoms with Gasteiger partial charge in [0.2, 0.25) is 0 Å². The highest BCUT2D eigenvalue weighted by Crippen LogP contribution is 2.35. The Morgan fingerprint density at radius 3 is 2.55 bits per heavy atom. The van der Waals surface area contributed by atoms with E-state index in [0.29, 0.717) is 0 Å². The number of fused-ring (bicyclic) bond motifs is 1. The minimum atomic E-state index is 1.05. The third-order valence-electron chi connectivity index (χ3n) is 5.38. The maximum atomic E-state index is 3.50. The number of nitrogens with one attached hydrogen (secondary N) is 1. The third-order valence-corrected chi connectivity index (χ3v) is 5.38. The van der Waals surface area contributed by atoms with Crippen molar-refractivity contribution >= 4 is 0 Å². The molecule has 1 saturated carbocycles. The van der Waals surface area contributed by atoms with Crippen LogP contribution in [0.2, 0.25) is 0 Å². The van der Waals surface area contributed by atoms with Crippen LogP contribution in [0.4, 0.5) is 0 Å². The molecule has 0 aromatic heterocycles. The molecule has 2 aliphatic rings. The van der Waals surface area contributed by atoms with Gasteiger partial charge in [-0.05, 0) is 70.1 Å². The lowest BCUT2D eigenvalue weighted by molar-refractivity contribution is 0.0856. The van der Waals surface area contributed by atoms with Crippen molar-refractivity contribution in [1.82, 2.24) is 10.2 Å². The van der Waals surface area contributed by atoms with Crippen molar-refractivity contribution in [2.24, 2.45) is 11.8 Å². The van der Waals surface area contributed by atoms with Crippen molar-refractivity contribution < 1.29 is 0 Å². The topological polar surface area (TPSA) is 15.3 Å². The summed E-state index contributed by atoms with van der Waals surface area (Å²) in [5, 5.41) is 3.50. The molecule has 1 aliphatic heterocycles. The second-order valence-electron chi connectivity index (χ2n) is 7.06. The molecule has 0 aromatic rings. The lowest BCUT2D eigenvalue weighted by atomic mass is 9.75. The number of rotatable bonds is 9. The SMILES string of the molecule is CCCNCCCCCCN1CCC2CCCCC2C1. The quantitative estimate of drug-likeness (QED) is 0.641. The first kappa shape index (κ1) is 16.3. The molecule has 0 spiro atoms. The minimum Gasteiger partial charge on any atom is -0.317 e. The van der Waals surface area contributed by atoms with E-state index in [4.69, 9.17) is 0 Å². The van der Waals surface area contributed by atoms with Crippen molar-refractivity contribution in [1.29, 1.82) is 0 Å². The summed E-state index contributed by atoms with van der Waals surface area (Å²) < 4.78 is 0. The van der Waals surface area contributed by atoms with Crippen LogP contribution in [0.25, 0.3) is 0 Å². The Kier molecular flexibility index (Phi) is 7.97. The maximum absolute atomic E-state index is 3.50. The molecule has 1 heterocycles. The van der Waals surface area contributed by atoms with Gasteiger partial charge in [0.25, 0.3) is 0 Å². The number of likely N-dealkylation sites (tertiary alicyclic amines) is 1. The lowest BCUT2D eigenvalue weighted by Gasteiger charge is -2.41. The van der Waals surface area contributed by atoms with E-state index in [1.165, 1.54) is 96.9 Å². The monoisotopic (exact) mass is 280 g/mol. The Labute approximate surface area is 126 Å². The number of unbranched alkanes of at least 4 members (excludes halogenated alkanes) is 3. The van der Waals surface area contributed by atoms with Crippen LogP contribution in [0.5, 0.6) is 0 Å². The minimum absolute atomic E-state index is 1.05. The van der Waals surface area contributed by atoms with Gasteiger partial charge in [-0.15, -0.1) is 0 Å². The molecule has 1 saturated heterocycles. The van der Waals surface area contributed by atoms with Crippen LogP contribution >= 0.6 is 0 Å². The van der Waals surface area contributed by atoms with Crippen LogP contribution in [0.15, 0.2) is 0 Å². The molecule has 0 amide bonds. The fourth-order valence-corrected chi connectivity index (χ4v) is 4.12. The molecule has 2 fully saturated rings. The Hall–Kier alpha value is -0.0800. The Bertz CT molecular complexity index is 242. The summed E-state index contributed by atoms with van der Waals surface area (Å²) in [6.07, 6.45) is 14.4. The van der Waals surface area contributed by atoms with Crippen LogP contribution in [0, 0.1) is 11.8 Å². The van der Waals surface area contributed by atoms with E-state index < -0.39 is 0 Å². The normalized spacial score (nSPS) is 27.4. The number of piperidine rings is 1. The predicted octanol–water partition coefficient (Wildman–Crippen LogP) is 4.06. The molecular formula is C18H36N2. The van der Waals surface area contributed by atoms with Crippen molar-refractivity contribution in [3.63, 3.8) is 0 Å². The van der Waals surface area contributed by atoms with Crippen molar-refractivity contribution in [2.45, 2.75) is 71.1 Å². The highest BCUT2D eigenvalue weighted by molar-refractivity contribution is 4.83. The van der Waals surface area contributed by atoms with Crippen LogP contribution in [-0.4, -0.2) is 37.6 Å². The molecule has 2 atom stereocenters. The highest BCUT2D eigenvalue weighted by Gasteiger charge is 2.30. The van der Waals surface area contributed by atoms with Gasteiger partial charge in [-0.25, -0.2) is 0 Å². The summed E-state index contributed by atoms with van der Waals surface area (Å²) in [6.45, 7) is 8.83. The second-order valence-corrected chi connectivity index (χ2v) is 7.06. The lowest BCUT2D eigenvalue weighted by Crippen LogP contribution is -2.42. The van der Waals surface area contributed by atoms with E-state index >= 15 is 0 Å². The predicted molar refractivity (Wildman–Crippen MR) is 88.1 cm³/mol. The molecule has 1 N–H and O–H groups in total. The van der Waals surface area contributed by atoms with Crippen LogP contribution in [0.3, 0.4) is 0 Å². The van der Waals surface area contributed by atoms with Gasteiger partial charge in [-0.1, -0.05) is 39.0 Å². The summed E-state index contributed by atoms with van der Waals surface area (Å²) in [4.78, 5) is 2.77. The summed E-state index contributed by atoms with van der Waals surface area (Å²) in [5.41, 5.74) is 0. The molecule has 1 aliphatic carbocycles. The fraction of sp³-hybridized carbons (Fsp3) is 1.00. The molecule has 20 heavy (non-hydrogen) atoms. The highest BCUT2D eigenvalue weighted by atomic mass is 15.1. The fourth-order valence-electron chi connectivity index (χ4n) is 4.12. The zero-order valence-electron chi connectivity index (χ0n) is 13.7. The molecule has 2 heteroatoms. The first-order chi connectivity index (χ1) is 9.90. The summed E-state index contributed by atoms with van der Waals surface area (Å²) >= 11 is 0. The van der Waals surface area contributed by atoms with Gasteiger partial charge in [-0.2, -0.15) is 0 Å². The first-order valence-electron chi connectivity index (χ1n) is 9.33. The van der Waals surface area contributed by atoms with Gasteiger partial charge in [0.05, 0.1) is 0 Å². The average molecular weight is 280 g/mol. The molecular weight excluding hydrogens is 244 g/mol. The molecule has 2 unspecified atom stereocenters. The standard InChI is InChI=1S/C18H36N2/c1-2-12-19-13-7-3-4-8-14-20-15-11-17-9-5-6-10-18(17)16-20/h17-19H,2-16H2,1H3. The number of hydrogen-bond donors (Lipinski definition) is 1. The molecule has 0 radical (unpaired) electrons. The van der Waals surface area contributed by atoms with Gasteiger partial charge in [0.1, 0.15) is 0 Å². The summed E-state index contributed by atoms with van der Waals surface area (Å²) in [7, 11) is 0. The Balaban J connectivity index is 1.46. The van der Waals surface area contributed by atoms with Gasteiger partial charge in [-0.3, -0.25) is 0 Å². The van der Waals surface area contributed by atoms with Crippen LogP contribution in [0.1, 0.15) is 71.1 Å². The maximum Gasteiger partial charge on any atom is 0.00123 e. The van der Waals surface area contributed by atoms with E-state index in [9.17, 15) is 0 Å². The molecule has 2 rings (SSSR count). The zero-order valence-corrected chi connectivity index (χ0v) is 13.7. The van der Waals surface area contributed by atoms with E-state index in [1.54, 1.807) is 0 Å². The molecule has 0 aromatic carbocycles. The summed E-state index contributed by atoms with van der Waals surface area (Å²) in [5.74, 6) is 2.14. The zero-order chi connectivity index (χ0) is 14.0. The average Bonchev–Trinajstić information content (AvgIpc) is 2.50. The van der Waals surface area contributed by atoms with E-state index in [-0.39, 0.29) is 0 Å². The van der Waals surface area contributed by atoms with E-state index in [2.05, 4.69) is 17.1 Å². The van der Waals surface area contributed by atoms with Crippen LogP contribution in [-0.2, 0) is 0 Å². The number of nitrogens with zero attached hydrogens (tertiary/aromatic N) is 1. The number of hydrogen-bond acceptors (Lipinski definition) is 2. The third kappa shape index (κ3) is 5.73. The molecule has 2 nitrogen and oxygen atoms in total. The largest absolute Gasteiger partial charge is 0.317 e. The Morgan fingerprint density at radius 2 is 1.70 bits per heavy atom. The smallest absolute Gasteiger partial charge is 0.00123 e. The van der Waals surface area contributed by atoms with Crippen molar-refractivity contribution in [3.05, 3.63) is 0 Å².